The maximum absolute atomic E-state index is 7.56. The summed E-state index contributed by atoms with van der Waals surface area (Å²) in [5, 5.41) is 0. The van der Waals surface area contributed by atoms with Crippen LogP contribution in [0.15, 0.2) is 36.5 Å². The molecule has 0 saturated carbocycles. The molecule has 1 heterocycles. The van der Waals surface area contributed by atoms with Crippen molar-refractivity contribution in [1.82, 2.24) is 4.98 Å². The van der Waals surface area contributed by atoms with Gasteiger partial charge in [0, 0.05) is 24.1 Å². The van der Waals surface area contributed by atoms with Crippen LogP contribution in [-0.2, 0) is 0 Å². The highest BCUT2D eigenvalue weighted by molar-refractivity contribution is 5.60. The summed E-state index contributed by atoms with van der Waals surface area (Å²) >= 11 is 0. The van der Waals surface area contributed by atoms with Gasteiger partial charge in [0.05, 0.1) is 5.69 Å². The van der Waals surface area contributed by atoms with Gasteiger partial charge in [0.15, 0.2) is 0 Å². The van der Waals surface area contributed by atoms with E-state index in [-0.39, 0.29) is 16.7 Å². The van der Waals surface area contributed by atoms with Crippen LogP contribution < -0.4 is 0 Å². The molecule has 2 rings (SSSR count). The van der Waals surface area contributed by atoms with E-state index in [1.165, 1.54) is 36.5 Å². The van der Waals surface area contributed by atoms with Gasteiger partial charge in [0.25, 0.3) is 0 Å². The van der Waals surface area contributed by atoms with Gasteiger partial charge in [-0.1, -0.05) is 18.2 Å². The molecule has 1 nitrogen and oxygen atoms in total. The monoisotopic (exact) mass is 206 g/mol. The highest BCUT2D eigenvalue weighted by Gasteiger charge is 2.00. The second-order valence-corrected chi connectivity index (χ2v) is 3.19. The van der Waals surface area contributed by atoms with E-state index in [9.17, 15) is 0 Å². The first-order chi connectivity index (χ1) is 10.8. The lowest BCUT2D eigenvalue weighted by molar-refractivity contribution is 1.26. The number of hydrogen-bond acceptors (Lipinski definition) is 1. The van der Waals surface area contributed by atoms with Crippen molar-refractivity contribution >= 4 is 0 Å². The molecule has 1 aromatic carbocycles. The molecule has 0 aliphatic carbocycles. The molecule has 0 spiro atoms. The summed E-state index contributed by atoms with van der Waals surface area (Å²) in [6.07, 6.45) is 1.20. The van der Waals surface area contributed by atoms with Gasteiger partial charge in [-0.3, -0.25) is 4.98 Å². The van der Waals surface area contributed by atoms with E-state index in [1.807, 2.05) is 0 Å². The fraction of sp³-hybridized carbons (Fsp3) is 0.214. The first-order valence-corrected chi connectivity index (χ1v) is 4.42. The Hall–Kier alpha value is -1.63. The van der Waals surface area contributed by atoms with E-state index in [4.69, 9.17) is 12.3 Å². The number of hydrogen-bond donors (Lipinski definition) is 0. The van der Waals surface area contributed by atoms with E-state index >= 15 is 0 Å². The Morgan fingerprint density at radius 3 is 2.60 bits per heavy atom. The van der Waals surface area contributed by atoms with E-state index in [0.29, 0.717) is 11.3 Å². The molecule has 0 aliphatic heterocycles. The molecule has 2 aromatic rings. The lowest BCUT2D eigenvalue weighted by Gasteiger charge is -2.04. The van der Waals surface area contributed by atoms with Crippen molar-refractivity contribution in [3.8, 4) is 11.3 Å². The molecule has 0 atom stereocenters. The largest absolute Gasteiger partial charge is 0.256 e. The molecule has 1 heteroatoms. The third-order valence-corrected chi connectivity index (χ3v) is 2.08. The highest BCUT2D eigenvalue weighted by Crippen LogP contribution is 2.20. The fourth-order valence-corrected chi connectivity index (χ4v) is 1.27. The third kappa shape index (κ3) is 2.07. The maximum Gasteiger partial charge on any atom is 0.0702 e. The van der Waals surface area contributed by atoms with Gasteiger partial charge in [0.1, 0.15) is 0 Å². The van der Waals surface area contributed by atoms with Crippen molar-refractivity contribution < 1.29 is 12.3 Å². The van der Waals surface area contributed by atoms with Crippen molar-refractivity contribution in [1.29, 1.82) is 0 Å². The molecule has 0 aliphatic rings. The molecule has 15 heavy (non-hydrogen) atoms. The summed E-state index contributed by atoms with van der Waals surface area (Å²) in [6, 6.07) is 6.85. The van der Waals surface area contributed by atoms with Crippen LogP contribution >= 0.6 is 0 Å². The Morgan fingerprint density at radius 2 is 1.93 bits per heavy atom. The van der Waals surface area contributed by atoms with Gasteiger partial charge in [-0.2, -0.15) is 0 Å². The van der Waals surface area contributed by atoms with Crippen molar-refractivity contribution in [2.24, 2.45) is 0 Å². The van der Waals surface area contributed by atoms with Crippen molar-refractivity contribution in [2.75, 3.05) is 0 Å². The Balaban J connectivity index is 2.53. The fourth-order valence-electron chi connectivity index (χ4n) is 1.27. The van der Waals surface area contributed by atoms with Crippen LogP contribution in [0.5, 0.6) is 0 Å². The highest BCUT2D eigenvalue weighted by atomic mass is 14.7. The normalized spacial score (nSPS) is 21.7. The SMILES string of the molecule is [2H]C([2H])([2H])c1ccc(-c2ccc(C([2H])([2H])[2H])c(C([2H])([2H])[2H])c2)nc1. The summed E-state index contributed by atoms with van der Waals surface area (Å²) in [5.41, 5.74) is 0.352. The summed E-state index contributed by atoms with van der Waals surface area (Å²) < 4.78 is 67.0. The lowest BCUT2D eigenvalue weighted by Crippen LogP contribution is -1.86. The molecule has 0 fully saturated rings. The Morgan fingerprint density at radius 1 is 1.00 bits per heavy atom. The number of benzene rings is 1. The summed E-state index contributed by atoms with van der Waals surface area (Å²) in [5.74, 6) is 0. The third-order valence-electron chi connectivity index (χ3n) is 2.08. The van der Waals surface area contributed by atoms with Gasteiger partial charge >= 0.3 is 0 Å². The van der Waals surface area contributed by atoms with Crippen LogP contribution in [0.25, 0.3) is 11.3 Å². The molecule has 0 saturated heterocycles. The smallest absolute Gasteiger partial charge is 0.0702 e. The van der Waals surface area contributed by atoms with E-state index < -0.39 is 20.6 Å². The van der Waals surface area contributed by atoms with Gasteiger partial charge in [-0.05, 0) is 49.4 Å². The molecule has 0 bridgehead atoms. The predicted octanol–water partition coefficient (Wildman–Crippen LogP) is 3.67. The Kier molecular flexibility index (Phi) is 0.962. The molecule has 0 unspecified atom stereocenters. The summed E-state index contributed by atoms with van der Waals surface area (Å²) in [4.78, 5) is 4.05. The second kappa shape index (κ2) is 3.85. The molecular formula is C14H15N. The van der Waals surface area contributed by atoms with Crippen LogP contribution in [0.2, 0.25) is 0 Å². The summed E-state index contributed by atoms with van der Waals surface area (Å²) in [6.45, 7) is -7.40. The van der Waals surface area contributed by atoms with Crippen LogP contribution in [0.4, 0.5) is 0 Å². The Bertz CT molecular complexity index is 724. The zero-order chi connectivity index (χ0) is 18.3. The van der Waals surface area contributed by atoms with Gasteiger partial charge < -0.3 is 0 Å². The molecule has 0 radical (unpaired) electrons. The second-order valence-electron chi connectivity index (χ2n) is 3.19. The molecule has 76 valence electrons. The molecule has 0 N–H and O–H groups in total. The minimum Gasteiger partial charge on any atom is -0.256 e. The average molecular weight is 206 g/mol. The molecule has 1 aromatic heterocycles. The van der Waals surface area contributed by atoms with Crippen LogP contribution in [0.3, 0.4) is 0 Å². The van der Waals surface area contributed by atoms with Crippen molar-refractivity contribution in [3.05, 3.63) is 53.2 Å². The number of aromatic nitrogens is 1. The average Bonchev–Trinajstić information content (AvgIpc) is 2.44. The quantitative estimate of drug-likeness (QED) is 0.693. The maximum atomic E-state index is 7.56. The van der Waals surface area contributed by atoms with Gasteiger partial charge in [0.2, 0.25) is 0 Å². The Labute approximate surface area is 103 Å². The van der Waals surface area contributed by atoms with E-state index in [0.717, 1.165) is 0 Å². The number of rotatable bonds is 1. The topological polar surface area (TPSA) is 12.9 Å². The van der Waals surface area contributed by atoms with E-state index in [2.05, 4.69) is 4.98 Å². The first-order valence-electron chi connectivity index (χ1n) is 8.92. The van der Waals surface area contributed by atoms with Crippen molar-refractivity contribution in [3.63, 3.8) is 0 Å². The van der Waals surface area contributed by atoms with E-state index in [1.54, 1.807) is 0 Å². The summed E-state index contributed by atoms with van der Waals surface area (Å²) in [7, 11) is 0. The zero-order valence-corrected chi connectivity index (χ0v) is 7.91. The molecule has 0 amide bonds. The standard InChI is InChI=1S/C14H15N/c1-10-4-7-14(15-9-10)13-6-5-11(2)12(3)8-13/h4-9H,1-3H3/i1D3,2D3,3D3. The van der Waals surface area contributed by atoms with Crippen LogP contribution in [0, 0.1) is 20.6 Å². The minimum atomic E-state index is -2.58. The minimum absolute atomic E-state index is 0.0707. The first kappa shape index (κ1) is 3.75. The predicted molar refractivity (Wildman–Crippen MR) is 63.9 cm³/mol. The number of aryl methyl sites for hydroxylation is 3. The number of nitrogens with zero attached hydrogens (tertiary/aromatic N) is 1. The van der Waals surface area contributed by atoms with Crippen LogP contribution in [-0.4, -0.2) is 4.98 Å². The lowest BCUT2D eigenvalue weighted by atomic mass is 10.0. The zero-order valence-electron chi connectivity index (χ0n) is 16.9. The number of pyridine rings is 1. The van der Waals surface area contributed by atoms with Gasteiger partial charge in [-0.25, -0.2) is 0 Å². The molecular weight excluding hydrogens is 182 g/mol. The van der Waals surface area contributed by atoms with Gasteiger partial charge in [-0.15, -0.1) is 0 Å². The van der Waals surface area contributed by atoms with Crippen molar-refractivity contribution in [2.45, 2.75) is 20.6 Å². The van der Waals surface area contributed by atoms with Crippen LogP contribution in [0.1, 0.15) is 29.0 Å².